The molecule has 0 amide bonds. The van der Waals surface area contributed by atoms with Crippen molar-refractivity contribution in [2.45, 2.75) is 19.8 Å². The number of aromatic nitrogens is 2. The van der Waals surface area contributed by atoms with Crippen molar-refractivity contribution in [2.75, 3.05) is 61.4 Å². The van der Waals surface area contributed by atoms with Crippen LogP contribution in [-0.4, -0.2) is 61.2 Å². The molecule has 0 spiro atoms. The van der Waals surface area contributed by atoms with E-state index in [1.165, 1.54) is 18.5 Å². The Balaban J connectivity index is 1.39. The lowest BCUT2D eigenvalue weighted by atomic mass is 9.99. The fourth-order valence-electron chi connectivity index (χ4n) is 3.75. The van der Waals surface area contributed by atoms with Gasteiger partial charge in [-0.3, -0.25) is 0 Å². The van der Waals surface area contributed by atoms with Gasteiger partial charge >= 0.3 is 0 Å². The minimum absolute atomic E-state index is 0.812. The van der Waals surface area contributed by atoms with Gasteiger partial charge in [-0.15, -0.1) is 0 Å². The zero-order valence-corrected chi connectivity index (χ0v) is 16.4. The molecule has 2 saturated heterocycles. The van der Waals surface area contributed by atoms with Crippen molar-refractivity contribution in [2.24, 2.45) is 5.92 Å². The van der Waals surface area contributed by atoms with Crippen molar-refractivity contribution >= 4 is 23.1 Å². The van der Waals surface area contributed by atoms with Gasteiger partial charge in [0.2, 0.25) is 5.95 Å². The van der Waals surface area contributed by atoms with Crippen molar-refractivity contribution in [1.82, 2.24) is 14.9 Å². The highest BCUT2D eigenvalue weighted by atomic mass is 15.3. The first-order valence-corrected chi connectivity index (χ1v) is 10.1. The van der Waals surface area contributed by atoms with Crippen LogP contribution in [0.25, 0.3) is 0 Å². The molecular formula is C21H30N6. The fourth-order valence-corrected chi connectivity index (χ4v) is 3.75. The quantitative estimate of drug-likeness (QED) is 0.897. The minimum atomic E-state index is 0.812. The van der Waals surface area contributed by atoms with Gasteiger partial charge in [0.05, 0.1) is 0 Å². The number of nitrogens with one attached hydrogen (secondary N) is 1. The van der Waals surface area contributed by atoms with Crippen molar-refractivity contribution in [3.63, 3.8) is 0 Å². The smallest absolute Gasteiger partial charge is 0.227 e. The molecular weight excluding hydrogens is 336 g/mol. The third-order valence-corrected chi connectivity index (χ3v) is 5.72. The first kappa shape index (κ1) is 18.0. The molecule has 6 nitrogen and oxygen atoms in total. The summed E-state index contributed by atoms with van der Waals surface area (Å²) in [6.07, 6.45) is 4.41. The Morgan fingerprint density at radius 3 is 2.30 bits per heavy atom. The van der Waals surface area contributed by atoms with Crippen molar-refractivity contribution in [1.29, 1.82) is 0 Å². The van der Waals surface area contributed by atoms with Crippen LogP contribution in [0.2, 0.25) is 0 Å². The number of hydrogen-bond donors (Lipinski definition) is 1. The Kier molecular flexibility index (Phi) is 5.43. The summed E-state index contributed by atoms with van der Waals surface area (Å²) < 4.78 is 0. The van der Waals surface area contributed by atoms with Gasteiger partial charge in [-0.1, -0.05) is 6.92 Å². The highest BCUT2D eigenvalue weighted by Crippen LogP contribution is 2.25. The molecule has 2 aliphatic heterocycles. The number of piperazine rings is 1. The predicted octanol–water partition coefficient (Wildman–Crippen LogP) is 3.21. The molecule has 144 valence electrons. The Bertz CT molecular complexity index is 731. The molecule has 2 fully saturated rings. The lowest BCUT2D eigenvalue weighted by molar-refractivity contribution is 0.311. The second-order valence-electron chi connectivity index (χ2n) is 7.87. The molecule has 0 atom stereocenters. The highest BCUT2D eigenvalue weighted by Gasteiger charge is 2.17. The average molecular weight is 367 g/mol. The summed E-state index contributed by atoms with van der Waals surface area (Å²) in [6.45, 7) is 8.73. The Labute approximate surface area is 162 Å². The largest absolute Gasteiger partial charge is 0.372 e. The number of likely N-dealkylation sites (N-methyl/N-ethyl adjacent to an activating group) is 1. The zero-order valence-electron chi connectivity index (χ0n) is 16.4. The minimum Gasteiger partial charge on any atom is -0.372 e. The van der Waals surface area contributed by atoms with Gasteiger partial charge in [-0.25, -0.2) is 4.98 Å². The van der Waals surface area contributed by atoms with Crippen LogP contribution >= 0.6 is 0 Å². The summed E-state index contributed by atoms with van der Waals surface area (Å²) in [5.74, 6) is 2.51. The van der Waals surface area contributed by atoms with Crippen molar-refractivity contribution in [3.8, 4) is 0 Å². The summed E-state index contributed by atoms with van der Waals surface area (Å²) in [5.41, 5.74) is 2.38. The lowest BCUT2D eigenvalue weighted by Gasteiger charge is -2.32. The summed E-state index contributed by atoms with van der Waals surface area (Å²) in [7, 11) is 2.16. The van der Waals surface area contributed by atoms with Crippen LogP contribution in [0.5, 0.6) is 0 Å². The van der Waals surface area contributed by atoms with Gasteiger partial charge in [0, 0.05) is 56.8 Å². The van der Waals surface area contributed by atoms with E-state index >= 15 is 0 Å². The first-order valence-electron chi connectivity index (χ1n) is 10.1. The molecule has 0 aliphatic carbocycles. The topological polar surface area (TPSA) is 47.5 Å². The molecule has 0 unspecified atom stereocenters. The van der Waals surface area contributed by atoms with Gasteiger partial charge in [0.25, 0.3) is 0 Å². The maximum atomic E-state index is 4.71. The van der Waals surface area contributed by atoms with E-state index in [1.54, 1.807) is 0 Å². The highest BCUT2D eigenvalue weighted by molar-refractivity contribution is 5.61. The lowest BCUT2D eigenvalue weighted by Crippen LogP contribution is -2.45. The van der Waals surface area contributed by atoms with Crippen LogP contribution in [0.15, 0.2) is 36.5 Å². The van der Waals surface area contributed by atoms with Gasteiger partial charge in [0.1, 0.15) is 5.82 Å². The average Bonchev–Trinajstić information content (AvgIpc) is 2.70. The van der Waals surface area contributed by atoms with E-state index in [1.807, 2.05) is 12.3 Å². The zero-order chi connectivity index (χ0) is 18.6. The predicted molar refractivity (Wildman–Crippen MR) is 112 cm³/mol. The summed E-state index contributed by atoms with van der Waals surface area (Å²) in [6, 6.07) is 10.6. The van der Waals surface area contributed by atoms with Crippen molar-refractivity contribution in [3.05, 3.63) is 36.5 Å². The van der Waals surface area contributed by atoms with E-state index in [4.69, 9.17) is 4.98 Å². The Hall–Kier alpha value is -2.34. The molecule has 6 heteroatoms. The summed E-state index contributed by atoms with van der Waals surface area (Å²) in [5, 5.41) is 3.42. The first-order chi connectivity index (χ1) is 13.2. The summed E-state index contributed by atoms with van der Waals surface area (Å²) >= 11 is 0. The molecule has 1 aromatic heterocycles. The second-order valence-corrected chi connectivity index (χ2v) is 7.87. The molecule has 2 aliphatic rings. The number of benzene rings is 1. The van der Waals surface area contributed by atoms with E-state index < -0.39 is 0 Å². The Morgan fingerprint density at radius 2 is 1.59 bits per heavy atom. The molecule has 1 N–H and O–H groups in total. The van der Waals surface area contributed by atoms with Gasteiger partial charge in [-0.05, 0) is 56.1 Å². The van der Waals surface area contributed by atoms with Gasteiger partial charge in [-0.2, -0.15) is 4.98 Å². The number of anilines is 4. The molecule has 0 bridgehead atoms. The molecule has 3 heterocycles. The number of hydrogen-bond acceptors (Lipinski definition) is 6. The van der Waals surface area contributed by atoms with Crippen LogP contribution in [0, 0.1) is 5.92 Å². The van der Waals surface area contributed by atoms with Gasteiger partial charge < -0.3 is 20.0 Å². The standard InChI is InChI=1S/C21H30N6/c1-17-8-11-26(12-9-17)19-5-3-18(4-6-19)23-20-7-10-22-21(24-20)27-15-13-25(2)14-16-27/h3-7,10,17H,8-9,11-16H2,1-2H3,(H,22,23,24). The van der Waals surface area contributed by atoms with Crippen LogP contribution < -0.4 is 15.1 Å². The third kappa shape index (κ3) is 4.50. The molecule has 27 heavy (non-hydrogen) atoms. The maximum absolute atomic E-state index is 4.71. The number of rotatable bonds is 4. The van der Waals surface area contributed by atoms with E-state index in [2.05, 4.69) is 63.2 Å². The van der Waals surface area contributed by atoms with Gasteiger partial charge in [0.15, 0.2) is 0 Å². The molecule has 4 rings (SSSR count). The van der Waals surface area contributed by atoms with E-state index in [0.717, 1.165) is 62.6 Å². The number of nitrogens with zero attached hydrogens (tertiary/aromatic N) is 5. The number of piperidine rings is 1. The normalized spacial score (nSPS) is 19.3. The van der Waals surface area contributed by atoms with Crippen LogP contribution in [-0.2, 0) is 0 Å². The maximum Gasteiger partial charge on any atom is 0.227 e. The molecule has 2 aromatic rings. The van der Waals surface area contributed by atoms with Crippen LogP contribution in [0.4, 0.5) is 23.1 Å². The van der Waals surface area contributed by atoms with E-state index in [-0.39, 0.29) is 0 Å². The monoisotopic (exact) mass is 366 g/mol. The molecule has 0 radical (unpaired) electrons. The Morgan fingerprint density at radius 1 is 0.889 bits per heavy atom. The molecule has 0 saturated carbocycles. The van der Waals surface area contributed by atoms with E-state index in [9.17, 15) is 0 Å². The molecule has 1 aromatic carbocycles. The van der Waals surface area contributed by atoms with Crippen LogP contribution in [0.3, 0.4) is 0 Å². The SMILES string of the molecule is CC1CCN(c2ccc(Nc3ccnc(N4CCN(C)CC4)n3)cc2)CC1. The fraction of sp³-hybridized carbons (Fsp3) is 0.524. The third-order valence-electron chi connectivity index (χ3n) is 5.72. The second kappa shape index (κ2) is 8.13. The summed E-state index contributed by atoms with van der Waals surface area (Å²) in [4.78, 5) is 16.3. The van der Waals surface area contributed by atoms with Crippen molar-refractivity contribution < 1.29 is 0 Å². The van der Waals surface area contributed by atoms with Crippen LogP contribution in [0.1, 0.15) is 19.8 Å². The van der Waals surface area contributed by atoms with E-state index in [0.29, 0.717) is 0 Å².